The summed E-state index contributed by atoms with van der Waals surface area (Å²) in [5, 5.41) is 45.0. The largest absolute Gasteiger partial charge is 0.459 e. The SMILES string of the molecule is CCC1OC(=O)[C@H](C)[C@@H](O[C@H]2C[C@@](C)(OC)[C@@H](O)[C@H](C)O2)[C@H](C)[C@@H](O[C@@H]2O[C@H](C)C[C@H](N)[C@H]2O)[C@](C)(OC)C[C@@H](C)C(=O)[C@H](C)[C@@H](O)[C@]1(C)O. The lowest BCUT2D eigenvalue weighted by molar-refractivity contribution is -0.316. The summed E-state index contributed by atoms with van der Waals surface area (Å²) in [6.07, 6.45) is -9.28. The van der Waals surface area contributed by atoms with E-state index in [0.29, 0.717) is 6.42 Å². The Kier molecular flexibility index (Phi) is 14.5. The van der Waals surface area contributed by atoms with Crippen molar-refractivity contribution < 1.29 is 63.2 Å². The lowest BCUT2D eigenvalue weighted by Crippen LogP contribution is -2.61. The fourth-order valence-electron chi connectivity index (χ4n) is 8.13. The lowest BCUT2D eigenvalue weighted by atomic mass is 9.74. The molecule has 3 rings (SSSR count). The normalized spacial score (nSPS) is 50.4. The van der Waals surface area contributed by atoms with E-state index in [4.69, 9.17) is 38.9 Å². The number of ketones is 1. The van der Waals surface area contributed by atoms with Gasteiger partial charge >= 0.3 is 5.97 Å². The number of carbonyl (C=O) groups is 2. The summed E-state index contributed by atoms with van der Waals surface area (Å²) in [5.74, 6) is -4.55. The first-order valence-electron chi connectivity index (χ1n) is 18.1. The van der Waals surface area contributed by atoms with Crippen LogP contribution in [0.25, 0.3) is 0 Å². The Balaban J connectivity index is 2.20. The van der Waals surface area contributed by atoms with Crippen LogP contribution in [0.2, 0.25) is 0 Å². The van der Waals surface area contributed by atoms with Crippen molar-refractivity contribution >= 4 is 11.8 Å². The second-order valence-corrected chi connectivity index (χ2v) is 15.8. The molecule has 50 heavy (non-hydrogen) atoms. The van der Waals surface area contributed by atoms with E-state index >= 15 is 0 Å². The third kappa shape index (κ3) is 8.90. The smallest absolute Gasteiger partial charge is 0.311 e. The molecule has 0 bridgehead atoms. The van der Waals surface area contributed by atoms with Crippen LogP contribution in [0.4, 0.5) is 0 Å². The number of carbonyl (C=O) groups excluding carboxylic acids is 2. The zero-order valence-electron chi connectivity index (χ0n) is 32.0. The van der Waals surface area contributed by atoms with E-state index in [1.54, 1.807) is 41.5 Å². The average molecular weight is 720 g/mol. The molecule has 0 spiro atoms. The number of esters is 1. The van der Waals surface area contributed by atoms with Crippen LogP contribution < -0.4 is 5.73 Å². The molecule has 14 heteroatoms. The Morgan fingerprint density at radius 2 is 1.46 bits per heavy atom. The molecule has 0 radical (unpaired) electrons. The maximum Gasteiger partial charge on any atom is 0.311 e. The van der Waals surface area contributed by atoms with Crippen LogP contribution in [-0.4, -0.2) is 131 Å². The van der Waals surface area contributed by atoms with E-state index in [0.717, 1.165) is 0 Å². The highest BCUT2D eigenvalue weighted by Gasteiger charge is 2.53. The van der Waals surface area contributed by atoms with Crippen LogP contribution in [0.5, 0.6) is 0 Å². The van der Waals surface area contributed by atoms with E-state index in [1.165, 1.54) is 28.1 Å². The molecule has 6 N–H and O–H groups in total. The topological polar surface area (TPSA) is 206 Å². The summed E-state index contributed by atoms with van der Waals surface area (Å²) < 4.78 is 43.3. The fraction of sp³-hybridized carbons (Fsp3) is 0.944. The molecule has 1 unspecified atom stereocenters. The molecule has 0 amide bonds. The van der Waals surface area contributed by atoms with Crippen LogP contribution in [0.3, 0.4) is 0 Å². The number of methoxy groups -OCH3 is 2. The molecule has 3 aliphatic rings. The van der Waals surface area contributed by atoms with Crippen molar-refractivity contribution in [2.75, 3.05) is 14.2 Å². The number of rotatable bonds is 7. The first kappa shape index (κ1) is 43.1. The van der Waals surface area contributed by atoms with Gasteiger partial charge in [0.2, 0.25) is 0 Å². The summed E-state index contributed by atoms with van der Waals surface area (Å²) in [7, 11) is 2.97. The quantitative estimate of drug-likeness (QED) is 0.238. The Bertz CT molecular complexity index is 1140. The summed E-state index contributed by atoms with van der Waals surface area (Å²) >= 11 is 0. The summed E-state index contributed by atoms with van der Waals surface area (Å²) in [5.41, 5.74) is 2.01. The minimum atomic E-state index is -1.97. The molecule has 0 aromatic rings. The molecular weight excluding hydrogens is 654 g/mol. The monoisotopic (exact) mass is 719 g/mol. The van der Waals surface area contributed by atoms with Gasteiger partial charge in [-0.1, -0.05) is 27.7 Å². The van der Waals surface area contributed by atoms with Gasteiger partial charge in [-0.3, -0.25) is 9.59 Å². The minimum absolute atomic E-state index is 0.0919. The zero-order chi connectivity index (χ0) is 38.1. The first-order valence-corrected chi connectivity index (χ1v) is 18.1. The third-order valence-corrected chi connectivity index (χ3v) is 11.7. The Hall–Kier alpha value is -1.30. The summed E-state index contributed by atoms with van der Waals surface area (Å²) in [6.45, 7) is 16.8. The zero-order valence-corrected chi connectivity index (χ0v) is 32.0. The van der Waals surface area contributed by atoms with E-state index in [1.807, 2.05) is 13.8 Å². The molecule has 0 aromatic heterocycles. The minimum Gasteiger partial charge on any atom is -0.459 e. The second-order valence-electron chi connectivity index (χ2n) is 15.8. The molecule has 3 aliphatic heterocycles. The maximum absolute atomic E-state index is 14.1. The maximum atomic E-state index is 14.1. The van der Waals surface area contributed by atoms with Gasteiger partial charge in [0.05, 0.1) is 47.6 Å². The van der Waals surface area contributed by atoms with Gasteiger partial charge in [-0.05, 0) is 60.8 Å². The van der Waals surface area contributed by atoms with Crippen LogP contribution in [-0.2, 0) is 42.7 Å². The molecule has 3 fully saturated rings. The number of Topliss-reactive ketones (excluding diaryl/α,β-unsaturated/α-hetero) is 1. The van der Waals surface area contributed by atoms with Gasteiger partial charge < -0.3 is 59.3 Å². The summed E-state index contributed by atoms with van der Waals surface area (Å²) in [6, 6.07) is -0.635. The number of hydrogen-bond acceptors (Lipinski definition) is 14. The molecule has 0 saturated carbocycles. The molecule has 18 atom stereocenters. The Morgan fingerprint density at radius 3 is 2.02 bits per heavy atom. The molecule has 0 aromatic carbocycles. The van der Waals surface area contributed by atoms with E-state index < -0.39 is 108 Å². The van der Waals surface area contributed by atoms with E-state index in [9.17, 15) is 30.0 Å². The van der Waals surface area contributed by atoms with Crippen LogP contribution in [0.15, 0.2) is 0 Å². The van der Waals surface area contributed by atoms with Gasteiger partial charge in [0.1, 0.15) is 29.7 Å². The van der Waals surface area contributed by atoms with E-state index in [-0.39, 0.29) is 31.1 Å². The van der Waals surface area contributed by atoms with Crippen molar-refractivity contribution in [2.45, 2.75) is 179 Å². The number of cyclic esters (lactones) is 1. The summed E-state index contributed by atoms with van der Waals surface area (Å²) in [4.78, 5) is 28.0. The molecule has 3 saturated heterocycles. The van der Waals surface area contributed by atoms with Gasteiger partial charge in [-0.25, -0.2) is 0 Å². The van der Waals surface area contributed by atoms with Crippen molar-refractivity contribution in [3.63, 3.8) is 0 Å². The van der Waals surface area contributed by atoms with Gasteiger partial charge in [-0.15, -0.1) is 0 Å². The number of aliphatic hydroxyl groups excluding tert-OH is 3. The molecule has 0 aliphatic carbocycles. The molecule has 292 valence electrons. The first-order chi connectivity index (χ1) is 23.1. The Morgan fingerprint density at radius 1 is 0.860 bits per heavy atom. The van der Waals surface area contributed by atoms with Crippen molar-refractivity contribution in [2.24, 2.45) is 29.4 Å². The lowest BCUT2D eigenvalue weighted by Gasteiger charge is -2.49. The molecule has 3 heterocycles. The fourth-order valence-corrected chi connectivity index (χ4v) is 8.13. The molecule has 14 nitrogen and oxygen atoms in total. The van der Waals surface area contributed by atoms with Crippen molar-refractivity contribution in [3.05, 3.63) is 0 Å². The number of nitrogens with two attached hydrogens (primary N) is 1. The standard InChI is InChI=1S/C36H65NO13/c1-13-24-36(10,43)29(40)19(4)26(38)17(2)15-35(9,45-12)31(50-33-27(39)23(37)14-18(3)46-33)20(5)28(21(6)32(42)48-24)49-25-16-34(8,44-11)30(41)22(7)47-25/h17-25,27-31,33,39-41,43H,13-16,37H2,1-12H3/t17-,18-,19+,20+,21-,22+,23+,24?,25+,27-,28+,29-,30+,31-,33+,34-,35-,36-/m1/s1. The highest BCUT2D eigenvalue weighted by molar-refractivity contribution is 5.83. The number of ether oxygens (including phenoxy) is 7. The molecular formula is C36H65NO13. The van der Waals surface area contributed by atoms with Crippen molar-refractivity contribution in [3.8, 4) is 0 Å². The average Bonchev–Trinajstić information content (AvgIpc) is 3.06. The van der Waals surface area contributed by atoms with Gasteiger partial charge in [0, 0.05) is 44.4 Å². The second kappa shape index (κ2) is 16.8. The van der Waals surface area contributed by atoms with Gasteiger partial charge in [0.15, 0.2) is 12.6 Å². The van der Waals surface area contributed by atoms with Gasteiger partial charge in [0.25, 0.3) is 0 Å². The third-order valence-electron chi connectivity index (χ3n) is 11.7. The predicted molar refractivity (Wildman–Crippen MR) is 182 cm³/mol. The van der Waals surface area contributed by atoms with Crippen LogP contribution in [0.1, 0.15) is 94.9 Å². The Labute approximate surface area is 297 Å². The number of hydrogen-bond donors (Lipinski definition) is 5. The van der Waals surface area contributed by atoms with Crippen molar-refractivity contribution in [1.29, 1.82) is 0 Å². The van der Waals surface area contributed by atoms with E-state index in [2.05, 4.69) is 0 Å². The highest BCUT2D eigenvalue weighted by atomic mass is 16.7. The van der Waals surface area contributed by atoms with Crippen molar-refractivity contribution in [1.82, 2.24) is 0 Å². The van der Waals surface area contributed by atoms with Crippen LogP contribution in [0, 0.1) is 23.7 Å². The number of aliphatic hydroxyl groups is 4. The van der Waals surface area contributed by atoms with Gasteiger partial charge in [-0.2, -0.15) is 0 Å². The predicted octanol–water partition coefficient (Wildman–Crippen LogP) is 1.84. The highest BCUT2D eigenvalue weighted by Crippen LogP contribution is 2.41. The van der Waals surface area contributed by atoms with Crippen LogP contribution >= 0.6 is 0 Å².